The number of rotatable bonds is 6. The number of thiophene rings is 1. The van der Waals surface area contributed by atoms with Crippen LogP contribution in [0.1, 0.15) is 49.5 Å². The van der Waals surface area contributed by atoms with E-state index in [0.717, 1.165) is 29.6 Å². The Kier molecular flexibility index (Phi) is 4.41. The fraction of sp³-hybridized carbons (Fsp3) is 0.600. The summed E-state index contributed by atoms with van der Waals surface area (Å²) in [6.45, 7) is 3.15. The third-order valence-corrected chi connectivity index (χ3v) is 5.29. The Morgan fingerprint density at radius 1 is 1.20 bits per heavy atom. The minimum atomic E-state index is 0.616. The molecule has 0 radical (unpaired) electrons. The molecule has 2 aromatic rings. The van der Waals surface area contributed by atoms with E-state index in [1.54, 1.807) is 11.3 Å². The summed E-state index contributed by atoms with van der Waals surface area (Å²) in [7, 11) is 0. The molecule has 0 atom stereocenters. The zero-order valence-electron chi connectivity index (χ0n) is 11.8. The second kappa shape index (κ2) is 6.27. The van der Waals surface area contributed by atoms with Crippen LogP contribution in [0.25, 0.3) is 10.2 Å². The van der Waals surface area contributed by atoms with Crippen molar-refractivity contribution in [3.05, 3.63) is 15.6 Å². The van der Waals surface area contributed by atoms with Crippen molar-refractivity contribution in [1.82, 2.24) is 9.97 Å². The minimum Gasteiger partial charge on any atom is -0.354 e. The Balaban J connectivity index is 1.74. The highest BCUT2D eigenvalue weighted by molar-refractivity contribution is 7.19. The number of halogens is 1. The van der Waals surface area contributed by atoms with Gasteiger partial charge < -0.3 is 5.32 Å². The van der Waals surface area contributed by atoms with E-state index in [0.29, 0.717) is 11.1 Å². The smallest absolute Gasteiger partial charge is 0.225 e. The molecule has 0 fully saturated rings. The van der Waals surface area contributed by atoms with Gasteiger partial charge in [-0.05, 0) is 31.2 Å². The average molecular weight is 310 g/mol. The Hall–Kier alpha value is -0.870. The van der Waals surface area contributed by atoms with E-state index < -0.39 is 0 Å². The highest BCUT2D eigenvalue weighted by Crippen LogP contribution is 2.39. The Morgan fingerprint density at radius 2 is 2.10 bits per heavy atom. The lowest BCUT2D eigenvalue weighted by Gasteiger charge is -2.05. The fourth-order valence-corrected chi connectivity index (χ4v) is 4.38. The minimum absolute atomic E-state index is 0.616. The monoisotopic (exact) mass is 309 g/mol. The van der Waals surface area contributed by atoms with E-state index in [-0.39, 0.29) is 0 Å². The van der Waals surface area contributed by atoms with Gasteiger partial charge in [-0.25, -0.2) is 9.97 Å². The van der Waals surface area contributed by atoms with Gasteiger partial charge in [0.15, 0.2) is 0 Å². The number of aryl methyl sites for hydroxylation is 2. The third kappa shape index (κ3) is 2.77. The van der Waals surface area contributed by atoms with E-state index >= 15 is 0 Å². The van der Waals surface area contributed by atoms with E-state index in [9.17, 15) is 0 Å². The van der Waals surface area contributed by atoms with Crippen LogP contribution in [0.2, 0.25) is 5.15 Å². The molecule has 0 saturated carbocycles. The predicted molar refractivity (Wildman–Crippen MR) is 87.1 cm³/mol. The first-order valence-corrected chi connectivity index (χ1v) is 8.70. The lowest BCUT2D eigenvalue weighted by Crippen LogP contribution is -2.05. The molecular weight excluding hydrogens is 290 g/mol. The van der Waals surface area contributed by atoms with Gasteiger partial charge in [0, 0.05) is 11.4 Å². The summed E-state index contributed by atoms with van der Waals surface area (Å²) in [6.07, 6.45) is 8.51. The van der Waals surface area contributed by atoms with Crippen LogP contribution in [0.4, 0.5) is 5.95 Å². The highest BCUT2D eigenvalue weighted by atomic mass is 35.5. The Labute approximate surface area is 128 Å². The van der Waals surface area contributed by atoms with Gasteiger partial charge >= 0.3 is 0 Å². The highest BCUT2D eigenvalue weighted by Gasteiger charge is 2.21. The van der Waals surface area contributed by atoms with Crippen LogP contribution in [-0.2, 0) is 12.8 Å². The first-order chi connectivity index (χ1) is 9.79. The summed E-state index contributed by atoms with van der Waals surface area (Å²) in [6, 6.07) is 0. The average Bonchev–Trinajstić information content (AvgIpc) is 2.98. The number of fused-ring (bicyclic) bond motifs is 3. The molecule has 20 heavy (non-hydrogen) atoms. The van der Waals surface area contributed by atoms with Crippen molar-refractivity contribution in [3.63, 3.8) is 0 Å². The van der Waals surface area contributed by atoms with Crippen molar-refractivity contribution < 1.29 is 0 Å². The lowest BCUT2D eigenvalue weighted by molar-refractivity contribution is 0.683. The number of aromatic nitrogens is 2. The SMILES string of the molecule is CCCCCCNc1nc(Cl)c2c3c(sc2n1)CCC3. The molecule has 0 aliphatic heterocycles. The molecule has 2 aromatic heterocycles. The molecule has 0 spiro atoms. The topological polar surface area (TPSA) is 37.8 Å². The van der Waals surface area contributed by atoms with Gasteiger partial charge in [-0.1, -0.05) is 37.8 Å². The Morgan fingerprint density at radius 3 is 2.95 bits per heavy atom. The van der Waals surface area contributed by atoms with Crippen LogP contribution >= 0.6 is 22.9 Å². The summed E-state index contributed by atoms with van der Waals surface area (Å²) in [5, 5.41) is 5.02. The van der Waals surface area contributed by atoms with Crippen LogP contribution in [-0.4, -0.2) is 16.5 Å². The summed E-state index contributed by atoms with van der Waals surface area (Å²) in [5.41, 5.74) is 1.39. The lowest BCUT2D eigenvalue weighted by atomic mass is 10.2. The molecule has 0 unspecified atom stereocenters. The molecule has 2 heterocycles. The van der Waals surface area contributed by atoms with Crippen molar-refractivity contribution in [1.29, 1.82) is 0 Å². The van der Waals surface area contributed by atoms with Gasteiger partial charge in [-0.15, -0.1) is 11.3 Å². The number of unbranched alkanes of at least 4 members (excludes halogenated alkanes) is 3. The molecule has 3 rings (SSSR count). The quantitative estimate of drug-likeness (QED) is 0.613. The number of nitrogens with zero attached hydrogens (tertiary/aromatic N) is 2. The van der Waals surface area contributed by atoms with Crippen molar-refractivity contribution in [2.75, 3.05) is 11.9 Å². The van der Waals surface area contributed by atoms with E-state index in [4.69, 9.17) is 11.6 Å². The molecule has 0 bridgehead atoms. The second-order valence-electron chi connectivity index (χ2n) is 5.36. The number of hydrogen-bond donors (Lipinski definition) is 1. The number of hydrogen-bond acceptors (Lipinski definition) is 4. The third-order valence-electron chi connectivity index (χ3n) is 3.83. The van der Waals surface area contributed by atoms with Crippen molar-refractivity contribution in [2.45, 2.75) is 51.9 Å². The summed E-state index contributed by atoms with van der Waals surface area (Å²) < 4.78 is 0. The fourth-order valence-electron chi connectivity index (χ4n) is 2.78. The molecule has 3 nitrogen and oxygen atoms in total. The standard InChI is InChI=1S/C15H20ClN3S/c1-2-3-4-5-9-17-15-18-13(16)12-10-7-6-8-11(10)20-14(12)19-15/h2-9H2,1H3,(H,17,18,19). The molecule has 5 heteroatoms. The van der Waals surface area contributed by atoms with E-state index in [1.165, 1.54) is 42.5 Å². The number of nitrogens with one attached hydrogen (secondary N) is 1. The van der Waals surface area contributed by atoms with E-state index in [1.807, 2.05) is 0 Å². The molecule has 0 amide bonds. The zero-order valence-corrected chi connectivity index (χ0v) is 13.4. The van der Waals surface area contributed by atoms with E-state index in [2.05, 4.69) is 22.2 Å². The molecule has 1 aliphatic rings. The predicted octanol–water partition coefficient (Wildman–Crippen LogP) is 4.83. The molecule has 108 valence electrons. The van der Waals surface area contributed by atoms with Crippen LogP contribution in [0.5, 0.6) is 0 Å². The molecule has 1 aliphatic carbocycles. The van der Waals surface area contributed by atoms with Crippen LogP contribution in [0, 0.1) is 0 Å². The van der Waals surface area contributed by atoms with Gasteiger partial charge in [-0.2, -0.15) is 0 Å². The molecule has 0 aromatic carbocycles. The van der Waals surface area contributed by atoms with Gasteiger partial charge in [0.1, 0.15) is 9.98 Å². The Bertz CT molecular complexity index is 609. The van der Waals surface area contributed by atoms with Crippen LogP contribution in [0.3, 0.4) is 0 Å². The number of anilines is 1. The molecular formula is C15H20ClN3S. The van der Waals surface area contributed by atoms with Gasteiger partial charge in [0.25, 0.3) is 0 Å². The van der Waals surface area contributed by atoms with Crippen LogP contribution in [0.15, 0.2) is 0 Å². The van der Waals surface area contributed by atoms with Crippen LogP contribution < -0.4 is 5.32 Å². The normalized spacial score (nSPS) is 13.9. The first-order valence-electron chi connectivity index (χ1n) is 7.51. The van der Waals surface area contributed by atoms with Gasteiger partial charge in [0.2, 0.25) is 5.95 Å². The maximum atomic E-state index is 6.37. The summed E-state index contributed by atoms with van der Waals surface area (Å²) in [5.74, 6) is 0.680. The largest absolute Gasteiger partial charge is 0.354 e. The molecule has 0 saturated heterocycles. The maximum Gasteiger partial charge on any atom is 0.225 e. The van der Waals surface area contributed by atoms with Gasteiger partial charge in [-0.3, -0.25) is 0 Å². The van der Waals surface area contributed by atoms with Crippen molar-refractivity contribution >= 4 is 39.1 Å². The summed E-state index contributed by atoms with van der Waals surface area (Å²) >= 11 is 8.15. The van der Waals surface area contributed by atoms with Crippen molar-refractivity contribution in [3.8, 4) is 0 Å². The summed E-state index contributed by atoms with van der Waals surface area (Å²) in [4.78, 5) is 11.5. The first kappa shape index (κ1) is 14.1. The van der Waals surface area contributed by atoms with Crippen molar-refractivity contribution in [2.24, 2.45) is 0 Å². The second-order valence-corrected chi connectivity index (χ2v) is 6.80. The molecule has 1 N–H and O–H groups in total. The zero-order chi connectivity index (χ0) is 13.9. The maximum absolute atomic E-state index is 6.37. The van der Waals surface area contributed by atoms with Gasteiger partial charge in [0.05, 0.1) is 5.39 Å².